The number of nitrogens with one attached hydrogen (secondary N) is 2. The fourth-order valence-electron chi connectivity index (χ4n) is 2.90. The molecule has 2 aromatic carbocycles. The predicted molar refractivity (Wildman–Crippen MR) is 98.9 cm³/mol. The largest absolute Gasteiger partial charge is 0.497 e. The summed E-state index contributed by atoms with van der Waals surface area (Å²) in [6, 6.07) is 14.2. The molecule has 1 aliphatic rings. The quantitative estimate of drug-likeness (QED) is 0.740. The molecule has 1 fully saturated rings. The van der Waals surface area contributed by atoms with Gasteiger partial charge in [-0.2, -0.15) is 0 Å². The summed E-state index contributed by atoms with van der Waals surface area (Å²) in [5.41, 5.74) is -0.342. The van der Waals surface area contributed by atoms with E-state index >= 15 is 0 Å². The number of methoxy groups -OCH3 is 1. The average molecular weight is 356 g/mol. The molecular weight excluding hydrogens is 332 g/mol. The lowest BCUT2D eigenvalue weighted by Gasteiger charge is -2.32. The number of rotatable bonds is 6. The highest BCUT2D eigenvalue weighted by atomic mass is 16.5. The Morgan fingerprint density at radius 2 is 1.73 bits per heavy atom. The summed E-state index contributed by atoms with van der Waals surface area (Å²) in [5, 5.41) is 16.4. The van der Waals surface area contributed by atoms with Crippen molar-refractivity contribution in [1.29, 1.82) is 0 Å². The van der Waals surface area contributed by atoms with Crippen molar-refractivity contribution in [3.05, 3.63) is 54.1 Å². The van der Waals surface area contributed by atoms with E-state index in [-0.39, 0.29) is 12.5 Å². The van der Waals surface area contributed by atoms with Gasteiger partial charge in [-0.3, -0.25) is 4.79 Å². The van der Waals surface area contributed by atoms with Crippen molar-refractivity contribution in [2.24, 2.45) is 0 Å². The van der Waals surface area contributed by atoms with E-state index in [9.17, 15) is 9.90 Å². The van der Waals surface area contributed by atoms with Crippen LogP contribution in [0.2, 0.25) is 0 Å². The van der Waals surface area contributed by atoms with Crippen molar-refractivity contribution >= 4 is 5.91 Å². The van der Waals surface area contributed by atoms with Crippen LogP contribution in [-0.2, 0) is 0 Å². The summed E-state index contributed by atoms with van der Waals surface area (Å²) in [7, 11) is 1.61. The van der Waals surface area contributed by atoms with E-state index in [2.05, 4.69) is 10.6 Å². The second-order valence-electron chi connectivity index (χ2n) is 6.49. The second-order valence-corrected chi connectivity index (χ2v) is 6.49. The van der Waals surface area contributed by atoms with Crippen molar-refractivity contribution in [2.75, 3.05) is 26.7 Å². The van der Waals surface area contributed by atoms with Crippen LogP contribution in [0.4, 0.5) is 0 Å². The topological polar surface area (TPSA) is 79.8 Å². The number of hydrogen-bond acceptors (Lipinski definition) is 5. The molecule has 0 unspecified atom stereocenters. The van der Waals surface area contributed by atoms with Gasteiger partial charge in [0, 0.05) is 18.7 Å². The Morgan fingerprint density at radius 3 is 2.31 bits per heavy atom. The average Bonchev–Trinajstić information content (AvgIpc) is 2.68. The maximum atomic E-state index is 12.3. The first-order valence-electron chi connectivity index (χ1n) is 8.71. The summed E-state index contributed by atoms with van der Waals surface area (Å²) in [6.07, 6.45) is 1.60. The fourth-order valence-corrected chi connectivity index (χ4v) is 2.90. The third kappa shape index (κ3) is 4.74. The Morgan fingerprint density at radius 1 is 1.12 bits per heavy atom. The van der Waals surface area contributed by atoms with E-state index in [0.29, 0.717) is 30.0 Å². The molecule has 0 spiro atoms. The third-order valence-electron chi connectivity index (χ3n) is 4.44. The highest BCUT2D eigenvalue weighted by molar-refractivity contribution is 5.94. The van der Waals surface area contributed by atoms with Gasteiger partial charge in [0.2, 0.25) is 0 Å². The van der Waals surface area contributed by atoms with Crippen molar-refractivity contribution in [1.82, 2.24) is 10.6 Å². The van der Waals surface area contributed by atoms with Gasteiger partial charge in [0.1, 0.15) is 17.2 Å². The van der Waals surface area contributed by atoms with Crippen LogP contribution in [0.3, 0.4) is 0 Å². The molecule has 0 radical (unpaired) electrons. The molecule has 138 valence electrons. The SMILES string of the molecule is COc1ccc(Oc2ccc(C(=O)NC[C@@]3(O)CCCNC3)cc2)cc1. The van der Waals surface area contributed by atoms with E-state index in [0.717, 1.165) is 18.7 Å². The molecule has 6 nitrogen and oxygen atoms in total. The molecule has 0 aromatic heterocycles. The Balaban J connectivity index is 1.55. The van der Waals surface area contributed by atoms with Gasteiger partial charge in [0.25, 0.3) is 5.91 Å². The molecule has 0 bridgehead atoms. The van der Waals surface area contributed by atoms with Gasteiger partial charge >= 0.3 is 0 Å². The van der Waals surface area contributed by atoms with Crippen LogP contribution in [0.1, 0.15) is 23.2 Å². The van der Waals surface area contributed by atoms with E-state index in [1.54, 1.807) is 31.4 Å². The van der Waals surface area contributed by atoms with Crippen molar-refractivity contribution < 1.29 is 19.4 Å². The summed E-state index contributed by atoms with van der Waals surface area (Å²) in [5.74, 6) is 1.89. The number of carbonyl (C=O) groups is 1. The number of carbonyl (C=O) groups excluding carboxylic acids is 1. The lowest BCUT2D eigenvalue weighted by Crippen LogP contribution is -2.52. The van der Waals surface area contributed by atoms with Gasteiger partial charge in [0.15, 0.2) is 0 Å². The Hall–Kier alpha value is -2.57. The van der Waals surface area contributed by atoms with Crippen molar-refractivity contribution in [2.45, 2.75) is 18.4 Å². The minimum absolute atomic E-state index is 0.208. The van der Waals surface area contributed by atoms with Crippen LogP contribution < -0.4 is 20.1 Å². The summed E-state index contributed by atoms with van der Waals surface area (Å²) < 4.78 is 10.9. The van der Waals surface area contributed by atoms with Gasteiger partial charge in [-0.1, -0.05) is 0 Å². The first-order chi connectivity index (χ1) is 12.6. The zero-order chi connectivity index (χ0) is 18.4. The Labute approximate surface area is 153 Å². The lowest BCUT2D eigenvalue weighted by atomic mass is 9.94. The summed E-state index contributed by atoms with van der Waals surface area (Å²) in [6.45, 7) is 1.65. The molecule has 0 saturated carbocycles. The van der Waals surface area contributed by atoms with Crippen LogP contribution >= 0.6 is 0 Å². The molecule has 1 aliphatic heterocycles. The van der Waals surface area contributed by atoms with Crippen LogP contribution in [0.5, 0.6) is 17.2 Å². The van der Waals surface area contributed by atoms with Gasteiger partial charge in [0.05, 0.1) is 12.7 Å². The minimum atomic E-state index is -0.870. The monoisotopic (exact) mass is 356 g/mol. The maximum Gasteiger partial charge on any atom is 0.251 e. The number of amides is 1. The molecule has 3 N–H and O–H groups in total. The van der Waals surface area contributed by atoms with Gasteiger partial charge in [-0.25, -0.2) is 0 Å². The Bertz CT molecular complexity index is 722. The number of ether oxygens (including phenoxy) is 2. The molecule has 6 heteroatoms. The van der Waals surface area contributed by atoms with Crippen molar-refractivity contribution in [3.8, 4) is 17.2 Å². The first kappa shape index (κ1) is 18.2. The number of aliphatic hydroxyl groups is 1. The normalized spacial score (nSPS) is 19.6. The highest BCUT2D eigenvalue weighted by Gasteiger charge is 2.29. The first-order valence-corrected chi connectivity index (χ1v) is 8.71. The molecule has 1 saturated heterocycles. The van der Waals surface area contributed by atoms with Gasteiger partial charge in [-0.05, 0) is 67.9 Å². The minimum Gasteiger partial charge on any atom is -0.497 e. The highest BCUT2D eigenvalue weighted by Crippen LogP contribution is 2.24. The van der Waals surface area contributed by atoms with Gasteiger partial charge < -0.3 is 25.2 Å². The van der Waals surface area contributed by atoms with E-state index < -0.39 is 5.60 Å². The molecule has 1 heterocycles. The molecule has 26 heavy (non-hydrogen) atoms. The Kier molecular flexibility index (Phi) is 5.75. The molecule has 0 aliphatic carbocycles. The molecule has 2 aromatic rings. The van der Waals surface area contributed by atoms with Crippen molar-refractivity contribution in [3.63, 3.8) is 0 Å². The maximum absolute atomic E-state index is 12.3. The molecule has 3 rings (SSSR count). The van der Waals surface area contributed by atoms with E-state index in [4.69, 9.17) is 9.47 Å². The number of piperidine rings is 1. The number of β-amino-alcohol motifs (C(OH)–C–C–N with tert-alkyl or cyclic N) is 1. The van der Waals surface area contributed by atoms with Crippen LogP contribution in [0.15, 0.2) is 48.5 Å². The zero-order valence-corrected chi connectivity index (χ0v) is 14.8. The summed E-state index contributed by atoms with van der Waals surface area (Å²) >= 11 is 0. The number of benzene rings is 2. The smallest absolute Gasteiger partial charge is 0.251 e. The standard InChI is InChI=1S/C20H24N2O4/c1-25-16-7-9-18(10-8-16)26-17-5-3-15(4-6-17)19(23)22-14-20(24)11-2-12-21-13-20/h3-10,21,24H,2,11-14H2,1H3,(H,22,23)/t20-/m1/s1. The van der Waals surface area contributed by atoms with Crippen LogP contribution in [0, 0.1) is 0 Å². The second kappa shape index (κ2) is 8.21. The molecular formula is C20H24N2O4. The van der Waals surface area contributed by atoms with Crippen LogP contribution in [0.25, 0.3) is 0 Å². The van der Waals surface area contributed by atoms with Crippen LogP contribution in [-0.4, -0.2) is 43.4 Å². The predicted octanol–water partition coefficient (Wildman–Crippen LogP) is 2.33. The lowest BCUT2D eigenvalue weighted by molar-refractivity contribution is 0.0170. The summed E-state index contributed by atoms with van der Waals surface area (Å²) in [4.78, 5) is 12.3. The fraction of sp³-hybridized carbons (Fsp3) is 0.350. The number of hydrogen-bond donors (Lipinski definition) is 3. The van der Waals surface area contributed by atoms with E-state index in [1.807, 2.05) is 24.3 Å². The van der Waals surface area contributed by atoms with Gasteiger partial charge in [-0.15, -0.1) is 0 Å². The molecule has 1 atom stereocenters. The molecule has 1 amide bonds. The van der Waals surface area contributed by atoms with E-state index in [1.165, 1.54) is 0 Å². The third-order valence-corrected chi connectivity index (χ3v) is 4.44. The zero-order valence-electron chi connectivity index (χ0n) is 14.8.